The van der Waals surface area contributed by atoms with Gasteiger partial charge in [-0.05, 0) is 49.2 Å². The number of urea groups is 1. The smallest absolute Gasteiger partial charge is 0.327 e. The Kier molecular flexibility index (Phi) is 6.32. The zero-order valence-electron chi connectivity index (χ0n) is 17.6. The molecule has 170 valence electrons. The van der Waals surface area contributed by atoms with E-state index in [1.54, 1.807) is 36.4 Å². The molecule has 1 aliphatic heterocycles. The number of aliphatic carboxylic acids is 1. The van der Waals surface area contributed by atoms with E-state index in [1.807, 2.05) is 0 Å². The van der Waals surface area contributed by atoms with Gasteiger partial charge < -0.3 is 10.0 Å². The summed E-state index contributed by atoms with van der Waals surface area (Å²) in [5, 5.41) is 10.1. The third-order valence-electron chi connectivity index (χ3n) is 5.43. The normalized spacial score (nSPS) is 17.0. The number of likely N-dealkylation sites (N-methyl/N-ethyl adjacent to an activating group) is 1. The average molecular weight is 480 g/mol. The molecule has 0 aliphatic carbocycles. The Morgan fingerprint density at radius 3 is 2.00 bits per heavy atom. The fourth-order valence-electron chi connectivity index (χ4n) is 3.21. The average Bonchev–Trinajstić information content (AvgIpc) is 2.88. The van der Waals surface area contributed by atoms with E-state index in [1.165, 1.54) is 37.9 Å². The molecule has 0 bridgehead atoms. The van der Waals surface area contributed by atoms with Crippen LogP contribution in [-0.4, -0.2) is 66.4 Å². The van der Waals surface area contributed by atoms with E-state index < -0.39 is 46.1 Å². The molecule has 1 fully saturated rings. The molecule has 0 spiro atoms. The van der Waals surface area contributed by atoms with Crippen LogP contribution >= 0.6 is 11.6 Å². The number of carboxylic acids is 1. The third-order valence-corrected chi connectivity index (χ3v) is 7.17. The molecule has 1 aliphatic rings. The lowest BCUT2D eigenvalue weighted by molar-refractivity contribution is -0.140. The number of sulfonamides is 1. The Morgan fingerprint density at radius 2 is 1.56 bits per heavy atom. The number of benzene rings is 2. The quantitative estimate of drug-likeness (QED) is 0.587. The van der Waals surface area contributed by atoms with Crippen molar-refractivity contribution in [2.75, 3.05) is 13.6 Å². The molecule has 2 aromatic rings. The highest BCUT2D eigenvalue weighted by molar-refractivity contribution is 7.89. The number of carboxylic acid groups (broad SMARTS) is 1. The van der Waals surface area contributed by atoms with Gasteiger partial charge in [0.2, 0.25) is 10.0 Å². The lowest BCUT2D eigenvalue weighted by Crippen LogP contribution is -2.50. The van der Waals surface area contributed by atoms with E-state index >= 15 is 0 Å². The number of carbonyl (C=O) groups excluding carboxylic acids is 2. The van der Waals surface area contributed by atoms with E-state index in [0.29, 0.717) is 5.02 Å². The first-order valence-corrected chi connectivity index (χ1v) is 11.4. The molecule has 11 heteroatoms. The molecule has 1 atom stereocenters. The van der Waals surface area contributed by atoms with Gasteiger partial charge in [-0.2, -0.15) is 4.72 Å². The number of imide groups is 1. The Morgan fingerprint density at radius 1 is 1.06 bits per heavy atom. The highest BCUT2D eigenvalue weighted by atomic mass is 35.5. The zero-order chi connectivity index (χ0) is 23.8. The van der Waals surface area contributed by atoms with Crippen LogP contribution in [0.5, 0.6) is 0 Å². The highest BCUT2D eigenvalue weighted by Crippen LogP contribution is 2.26. The lowest BCUT2D eigenvalue weighted by atomic mass is 10.1. The minimum atomic E-state index is -4.24. The molecule has 3 rings (SSSR count). The monoisotopic (exact) mass is 479 g/mol. The summed E-state index contributed by atoms with van der Waals surface area (Å²) in [6, 6.07) is 10.4. The first-order chi connectivity index (χ1) is 14.8. The van der Waals surface area contributed by atoms with Crippen LogP contribution in [0, 0.1) is 0 Å². The molecule has 2 N–H and O–H groups in total. The fraction of sp³-hybridized carbons (Fsp3) is 0.286. The number of amides is 3. The molecule has 2 aromatic carbocycles. The maximum absolute atomic E-state index is 12.8. The zero-order valence-corrected chi connectivity index (χ0v) is 19.1. The third kappa shape index (κ3) is 4.47. The van der Waals surface area contributed by atoms with E-state index in [4.69, 9.17) is 11.6 Å². The molecule has 0 aromatic heterocycles. The van der Waals surface area contributed by atoms with Gasteiger partial charge in [0.1, 0.15) is 11.6 Å². The molecule has 32 heavy (non-hydrogen) atoms. The van der Waals surface area contributed by atoms with Gasteiger partial charge in [0.05, 0.1) is 11.4 Å². The molecular weight excluding hydrogens is 458 g/mol. The molecule has 3 amide bonds. The van der Waals surface area contributed by atoms with Crippen molar-refractivity contribution in [2.45, 2.75) is 30.3 Å². The van der Waals surface area contributed by atoms with Gasteiger partial charge in [0, 0.05) is 12.1 Å². The first kappa shape index (κ1) is 23.7. The summed E-state index contributed by atoms with van der Waals surface area (Å²) in [5.74, 6) is -2.12. The Hall–Kier alpha value is -2.95. The number of rotatable bonds is 7. The van der Waals surface area contributed by atoms with E-state index in [2.05, 4.69) is 4.72 Å². The van der Waals surface area contributed by atoms with E-state index in [0.717, 1.165) is 16.0 Å². The van der Waals surface area contributed by atoms with Crippen LogP contribution in [0.4, 0.5) is 4.79 Å². The molecule has 1 heterocycles. The fourth-order valence-corrected chi connectivity index (χ4v) is 4.52. The molecule has 0 unspecified atom stereocenters. The van der Waals surface area contributed by atoms with Gasteiger partial charge in [-0.25, -0.2) is 13.2 Å². The van der Waals surface area contributed by atoms with Crippen molar-refractivity contribution in [3.05, 3.63) is 53.6 Å². The molecule has 0 radical (unpaired) electrons. The number of carbonyl (C=O) groups is 3. The van der Waals surface area contributed by atoms with E-state index in [9.17, 15) is 27.9 Å². The van der Waals surface area contributed by atoms with Gasteiger partial charge in [0.25, 0.3) is 5.91 Å². The predicted octanol–water partition coefficient (Wildman–Crippen LogP) is 2.41. The highest BCUT2D eigenvalue weighted by Gasteiger charge is 2.50. The van der Waals surface area contributed by atoms with Crippen molar-refractivity contribution < 1.29 is 27.9 Å². The largest absolute Gasteiger partial charge is 0.480 e. The summed E-state index contributed by atoms with van der Waals surface area (Å²) in [7, 11) is -2.82. The Bertz CT molecular complexity index is 1160. The molecule has 0 saturated carbocycles. The maximum Gasteiger partial charge on any atom is 0.327 e. The summed E-state index contributed by atoms with van der Waals surface area (Å²) >= 11 is 5.88. The summed E-state index contributed by atoms with van der Waals surface area (Å²) in [6.45, 7) is 2.41. The van der Waals surface area contributed by atoms with Crippen LogP contribution in [0.2, 0.25) is 5.02 Å². The number of hydrogen-bond acceptors (Lipinski definition) is 5. The second kappa shape index (κ2) is 8.53. The van der Waals surface area contributed by atoms with Crippen LogP contribution in [0.15, 0.2) is 53.4 Å². The Balaban J connectivity index is 1.80. The standard InChI is InChI=1S/C21H22ClN3O6S/c1-21(2)19(28)25(20(29)24(21)3)12-17(18(26)27)23-32(30,31)16-10-6-14(7-11-16)13-4-8-15(22)9-5-13/h4-11,17,23H,12H2,1-3H3,(H,26,27)/t17-/m1/s1. The van der Waals surface area contributed by atoms with Crippen LogP contribution in [0.3, 0.4) is 0 Å². The summed E-state index contributed by atoms with van der Waals surface area (Å²) < 4.78 is 27.6. The van der Waals surface area contributed by atoms with Crippen molar-refractivity contribution in [3.63, 3.8) is 0 Å². The lowest BCUT2D eigenvalue weighted by Gasteiger charge is -2.22. The second-order valence-electron chi connectivity index (χ2n) is 7.86. The summed E-state index contributed by atoms with van der Waals surface area (Å²) in [6.07, 6.45) is 0. The maximum atomic E-state index is 12.8. The van der Waals surface area contributed by atoms with Crippen LogP contribution in [-0.2, 0) is 19.6 Å². The van der Waals surface area contributed by atoms with Gasteiger partial charge in [-0.1, -0.05) is 35.9 Å². The van der Waals surface area contributed by atoms with Crippen LogP contribution in [0.1, 0.15) is 13.8 Å². The summed E-state index contributed by atoms with van der Waals surface area (Å²) in [5.41, 5.74) is 0.415. The Labute approximate surface area is 190 Å². The number of halogens is 1. The molecule has 9 nitrogen and oxygen atoms in total. The molecular formula is C21H22ClN3O6S. The number of nitrogens with one attached hydrogen (secondary N) is 1. The second-order valence-corrected chi connectivity index (χ2v) is 10.0. The van der Waals surface area contributed by atoms with E-state index in [-0.39, 0.29) is 4.90 Å². The number of hydrogen-bond donors (Lipinski definition) is 2. The number of nitrogens with zero attached hydrogens (tertiary/aromatic N) is 2. The predicted molar refractivity (Wildman–Crippen MR) is 118 cm³/mol. The van der Waals surface area contributed by atoms with Crippen molar-refractivity contribution in [1.82, 2.24) is 14.5 Å². The van der Waals surface area contributed by atoms with Crippen LogP contribution < -0.4 is 4.72 Å². The minimum Gasteiger partial charge on any atom is -0.480 e. The minimum absolute atomic E-state index is 0.155. The van der Waals surface area contributed by atoms with Gasteiger partial charge in [-0.15, -0.1) is 0 Å². The van der Waals surface area contributed by atoms with Crippen molar-refractivity contribution in [2.24, 2.45) is 0 Å². The SMILES string of the molecule is CN1C(=O)N(C[C@@H](NS(=O)(=O)c2ccc(-c3ccc(Cl)cc3)cc2)C(=O)O)C(=O)C1(C)C. The van der Waals surface area contributed by atoms with Crippen LogP contribution in [0.25, 0.3) is 11.1 Å². The van der Waals surface area contributed by atoms with Gasteiger partial charge >= 0.3 is 12.0 Å². The van der Waals surface area contributed by atoms with Gasteiger partial charge in [-0.3, -0.25) is 14.5 Å². The topological polar surface area (TPSA) is 124 Å². The summed E-state index contributed by atoms with van der Waals surface area (Å²) in [4.78, 5) is 38.4. The van der Waals surface area contributed by atoms with Crippen molar-refractivity contribution in [1.29, 1.82) is 0 Å². The van der Waals surface area contributed by atoms with Gasteiger partial charge in [0.15, 0.2) is 0 Å². The first-order valence-electron chi connectivity index (χ1n) is 9.55. The molecule has 1 saturated heterocycles. The van der Waals surface area contributed by atoms with Crippen molar-refractivity contribution >= 4 is 39.5 Å². The van der Waals surface area contributed by atoms with Crippen molar-refractivity contribution in [3.8, 4) is 11.1 Å².